The molecule has 176 valence electrons. The fourth-order valence-electron chi connectivity index (χ4n) is 4.19. The van der Waals surface area contributed by atoms with Gasteiger partial charge in [0.1, 0.15) is 11.3 Å². The minimum Gasteiger partial charge on any atom is -0.453 e. The van der Waals surface area contributed by atoms with Crippen LogP contribution in [0.1, 0.15) is 39.6 Å². The number of ether oxygens (including phenoxy) is 1. The van der Waals surface area contributed by atoms with E-state index in [1.807, 2.05) is 91.0 Å². The molecule has 4 aromatic carbocycles. The van der Waals surface area contributed by atoms with Crippen molar-refractivity contribution in [2.45, 2.75) is 12.3 Å². The SMILES string of the molecule is O=C(CC(c1ccccc1)c1ccccc1)Oc1ccccc1/C=C/C(=O)c1cc2ccccc2o1. The van der Waals surface area contributed by atoms with E-state index in [1.54, 1.807) is 30.3 Å². The Labute approximate surface area is 209 Å². The molecule has 36 heavy (non-hydrogen) atoms. The smallest absolute Gasteiger partial charge is 0.312 e. The molecule has 4 heteroatoms. The summed E-state index contributed by atoms with van der Waals surface area (Å²) in [6, 6.07) is 36.2. The van der Waals surface area contributed by atoms with E-state index in [0.29, 0.717) is 16.9 Å². The number of allylic oxidation sites excluding steroid dienone is 1. The fourth-order valence-corrected chi connectivity index (χ4v) is 4.19. The third kappa shape index (κ3) is 5.34. The molecule has 0 saturated heterocycles. The Bertz CT molecular complexity index is 1440. The molecule has 0 aliphatic carbocycles. The van der Waals surface area contributed by atoms with Crippen LogP contribution in [-0.2, 0) is 4.79 Å². The van der Waals surface area contributed by atoms with Gasteiger partial charge in [-0.2, -0.15) is 0 Å². The minimum absolute atomic E-state index is 0.128. The molecule has 0 radical (unpaired) electrons. The highest BCUT2D eigenvalue weighted by Gasteiger charge is 2.20. The van der Waals surface area contributed by atoms with Crippen LogP contribution in [0, 0.1) is 0 Å². The number of ketones is 1. The van der Waals surface area contributed by atoms with Gasteiger partial charge in [-0.25, -0.2) is 0 Å². The topological polar surface area (TPSA) is 56.5 Å². The number of furan rings is 1. The van der Waals surface area contributed by atoms with Crippen LogP contribution in [-0.4, -0.2) is 11.8 Å². The number of rotatable bonds is 8. The van der Waals surface area contributed by atoms with Crippen molar-refractivity contribution in [1.82, 2.24) is 0 Å². The minimum atomic E-state index is -0.350. The van der Waals surface area contributed by atoms with Crippen LogP contribution in [0.3, 0.4) is 0 Å². The molecule has 0 amide bonds. The van der Waals surface area contributed by atoms with E-state index >= 15 is 0 Å². The van der Waals surface area contributed by atoms with Crippen LogP contribution in [0.2, 0.25) is 0 Å². The van der Waals surface area contributed by atoms with Crippen molar-refractivity contribution in [1.29, 1.82) is 0 Å². The average molecular weight is 473 g/mol. The lowest BCUT2D eigenvalue weighted by atomic mass is 9.88. The van der Waals surface area contributed by atoms with Gasteiger partial charge in [-0.05, 0) is 41.5 Å². The lowest BCUT2D eigenvalue weighted by Crippen LogP contribution is -2.14. The Morgan fingerprint density at radius 1 is 0.750 bits per heavy atom. The molecule has 4 nitrogen and oxygen atoms in total. The molecular weight excluding hydrogens is 448 g/mol. The van der Waals surface area contributed by atoms with E-state index in [4.69, 9.17) is 9.15 Å². The maximum atomic E-state index is 13.1. The molecule has 0 unspecified atom stereocenters. The van der Waals surface area contributed by atoms with Crippen LogP contribution in [0.4, 0.5) is 0 Å². The summed E-state index contributed by atoms with van der Waals surface area (Å²) in [6.45, 7) is 0. The first-order valence-corrected chi connectivity index (χ1v) is 11.8. The van der Waals surface area contributed by atoms with E-state index in [1.165, 1.54) is 6.08 Å². The van der Waals surface area contributed by atoms with Gasteiger partial charge in [-0.15, -0.1) is 0 Å². The number of hydrogen-bond acceptors (Lipinski definition) is 4. The zero-order valence-corrected chi connectivity index (χ0v) is 19.5. The van der Waals surface area contributed by atoms with Gasteiger partial charge in [0.2, 0.25) is 5.78 Å². The first-order chi connectivity index (χ1) is 17.7. The number of hydrogen-bond donors (Lipinski definition) is 0. The molecule has 0 atom stereocenters. The summed E-state index contributed by atoms with van der Waals surface area (Å²) < 4.78 is 11.4. The van der Waals surface area contributed by atoms with E-state index in [0.717, 1.165) is 16.5 Å². The molecule has 0 fully saturated rings. The van der Waals surface area contributed by atoms with Gasteiger partial charge in [0, 0.05) is 16.9 Å². The molecule has 5 aromatic rings. The first-order valence-electron chi connectivity index (χ1n) is 11.8. The Morgan fingerprint density at radius 2 is 1.36 bits per heavy atom. The molecule has 0 aliphatic rings. The third-order valence-electron chi connectivity index (χ3n) is 6.00. The number of fused-ring (bicyclic) bond motifs is 1. The lowest BCUT2D eigenvalue weighted by Gasteiger charge is -2.17. The quantitative estimate of drug-likeness (QED) is 0.102. The fraction of sp³-hybridized carbons (Fsp3) is 0.0625. The summed E-state index contributed by atoms with van der Waals surface area (Å²) in [5.41, 5.74) is 3.39. The highest BCUT2D eigenvalue weighted by molar-refractivity contribution is 6.07. The number of para-hydroxylation sites is 2. The highest BCUT2D eigenvalue weighted by Crippen LogP contribution is 2.29. The van der Waals surface area contributed by atoms with Crippen molar-refractivity contribution in [3.05, 3.63) is 144 Å². The Morgan fingerprint density at radius 3 is 2.06 bits per heavy atom. The number of esters is 1. The van der Waals surface area contributed by atoms with Crippen LogP contribution < -0.4 is 4.74 Å². The number of carbonyl (C=O) groups excluding carboxylic acids is 2. The molecule has 1 heterocycles. The maximum Gasteiger partial charge on any atom is 0.312 e. The van der Waals surface area contributed by atoms with Crippen molar-refractivity contribution in [2.75, 3.05) is 0 Å². The normalized spacial score (nSPS) is 11.2. The van der Waals surface area contributed by atoms with Crippen molar-refractivity contribution >= 4 is 28.8 Å². The van der Waals surface area contributed by atoms with E-state index in [2.05, 4.69) is 0 Å². The summed E-state index contributed by atoms with van der Waals surface area (Å²) in [5, 5.41) is 0.870. The molecule has 1 aromatic heterocycles. The van der Waals surface area contributed by atoms with Gasteiger partial charge in [0.25, 0.3) is 0 Å². The number of benzene rings is 4. The van der Waals surface area contributed by atoms with Crippen molar-refractivity contribution in [3.8, 4) is 5.75 Å². The maximum absolute atomic E-state index is 13.1. The Kier molecular flexibility index (Phi) is 6.86. The largest absolute Gasteiger partial charge is 0.453 e. The van der Waals surface area contributed by atoms with Crippen LogP contribution >= 0.6 is 0 Å². The van der Waals surface area contributed by atoms with Crippen LogP contribution in [0.5, 0.6) is 5.75 Å². The van der Waals surface area contributed by atoms with Crippen molar-refractivity contribution in [2.24, 2.45) is 0 Å². The van der Waals surface area contributed by atoms with E-state index in [9.17, 15) is 9.59 Å². The average Bonchev–Trinajstić information content (AvgIpc) is 3.37. The summed E-state index contributed by atoms with van der Waals surface area (Å²) in [6.07, 6.45) is 3.26. The van der Waals surface area contributed by atoms with Gasteiger partial charge in [0.05, 0.1) is 6.42 Å². The summed E-state index contributed by atoms with van der Waals surface area (Å²) in [7, 11) is 0. The van der Waals surface area contributed by atoms with E-state index in [-0.39, 0.29) is 29.9 Å². The predicted molar refractivity (Wildman–Crippen MR) is 141 cm³/mol. The highest BCUT2D eigenvalue weighted by atomic mass is 16.5. The molecule has 5 rings (SSSR count). The third-order valence-corrected chi connectivity index (χ3v) is 6.00. The Balaban J connectivity index is 1.33. The molecular formula is C32H24O4. The Hall–Kier alpha value is -4.70. The van der Waals surface area contributed by atoms with Gasteiger partial charge in [-0.3, -0.25) is 9.59 Å². The van der Waals surface area contributed by atoms with Crippen molar-refractivity contribution < 1.29 is 18.7 Å². The standard InChI is InChI=1S/C32H24O4/c33-28(31-21-26-16-8-10-18-30(26)35-31)20-19-25-15-7-9-17-29(25)36-32(34)22-27(23-11-3-1-4-12-23)24-13-5-2-6-14-24/h1-21,27H,22H2/b20-19+. The second-order valence-corrected chi connectivity index (χ2v) is 8.44. The summed E-state index contributed by atoms with van der Waals surface area (Å²) in [4.78, 5) is 25.7. The molecule has 0 spiro atoms. The van der Waals surface area contributed by atoms with Crippen LogP contribution in [0.25, 0.3) is 17.0 Å². The van der Waals surface area contributed by atoms with Crippen LogP contribution in [0.15, 0.2) is 126 Å². The van der Waals surface area contributed by atoms with Gasteiger partial charge < -0.3 is 9.15 Å². The van der Waals surface area contributed by atoms with Crippen molar-refractivity contribution in [3.63, 3.8) is 0 Å². The van der Waals surface area contributed by atoms with Gasteiger partial charge >= 0.3 is 5.97 Å². The first kappa shape index (κ1) is 23.1. The van der Waals surface area contributed by atoms with Gasteiger partial charge in [-0.1, -0.05) is 97.1 Å². The zero-order valence-electron chi connectivity index (χ0n) is 19.5. The molecule has 0 N–H and O–H groups in total. The second kappa shape index (κ2) is 10.7. The zero-order chi connectivity index (χ0) is 24.7. The summed E-state index contributed by atoms with van der Waals surface area (Å²) in [5.74, 6) is -0.0819. The second-order valence-electron chi connectivity index (χ2n) is 8.44. The lowest BCUT2D eigenvalue weighted by molar-refractivity contribution is -0.134. The van der Waals surface area contributed by atoms with Gasteiger partial charge in [0.15, 0.2) is 5.76 Å². The molecule has 0 aliphatic heterocycles. The predicted octanol–water partition coefficient (Wildman–Crippen LogP) is 7.46. The monoisotopic (exact) mass is 472 g/mol. The molecule has 0 bridgehead atoms. The summed E-state index contributed by atoms with van der Waals surface area (Å²) >= 11 is 0. The molecule has 0 saturated carbocycles. The van der Waals surface area contributed by atoms with E-state index < -0.39 is 0 Å². The number of carbonyl (C=O) groups is 2.